The molecule has 1 aliphatic heterocycles. The van der Waals surface area contributed by atoms with Gasteiger partial charge in [-0.05, 0) is 0 Å². The van der Waals surface area contributed by atoms with Gasteiger partial charge in [0.1, 0.15) is 24.4 Å². The van der Waals surface area contributed by atoms with E-state index in [1.807, 2.05) is 0 Å². The van der Waals surface area contributed by atoms with Crippen molar-refractivity contribution >= 4 is 5.96 Å². The molecule has 0 amide bonds. The van der Waals surface area contributed by atoms with Gasteiger partial charge in [0.05, 0.1) is 6.61 Å². The van der Waals surface area contributed by atoms with Crippen molar-refractivity contribution < 1.29 is 25.2 Å². The fourth-order valence-corrected chi connectivity index (χ4v) is 1.35. The van der Waals surface area contributed by atoms with E-state index in [1.165, 1.54) is 0 Å². The van der Waals surface area contributed by atoms with Crippen LogP contribution in [-0.4, -0.2) is 63.6 Å². The summed E-state index contributed by atoms with van der Waals surface area (Å²) in [5.74, 6) is -0.281. The summed E-state index contributed by atoms with van der Waals surface area (Å²) in [5, 5.41) is 40.6. The molecule has 0 saturated carbocycles. The highest BCUT2D eigenvalue weighted by molar-refractivity contribution is 5.75. The molecule has 1 heterocycles. The zero-order valence-electron chi connectivity index (χ0n) is 8.39. The molecule has 1 saturated heterocycles. The molecule has 0 aromatic heterocycles. The third-order valence-electron chi connectivity index (χ3n) is 2.21. The second-order valence-electron chi connectivity index (χ2n) is 3.42. The maximum absolute atomic E-state index is 9.50. The van der Waals surface area contributed by atoms with Crippen LogP contribution in [0.15, 0.2) is 5.10 Å². The average molecular weight is 236 g/mol. The van der Waals surface area contributed by atoms with E-state index in [4.69, 9.17) is 21.3 Å². The number of hydrogen-bond acceptors (Lipinski definition) is 7. The van der Waals surface area contributed by atoms with Crippen LogP contribution in [0.3, 0.4) is 0 Å². The fraction of sp³-hybridized carbons (Fsp3) is 0.857. The lowest BCUT2D eigenvalue weighted by atomic mass is 9.99. The minimum absolute atomic E-state index is 0.281. The lowest BCUT2D eigenvalue weighted by Crippen LogP contribution is -2.61. The first-order valence-electron chi connectivity index (χ1n) is 4.62. The molecule has 0 aromatic carbocycles. The molecular weight excluding hydrogens is 220 g/mol. The second-order valence-corrected chi connectivity index (χ2v) is 3.42. The molecule has 0 radical (unpaired) electrons. The minimum Gasteiger partial charge on any atom is -0.394 e. The van der Waals surface area contributed by atoms with E-state index in [-0.39, 0.29) is 5.96 Å². The summed E-state index contributed by atoms with van der Waals surface area (Å²) >= 11 is 0. The Kier molecular flexibility index (Phi) is 4.26. The van der Waals surface area contributed by atoms with Crippen LogP contribution >= 0.6 is 0 Å². The number of nitrogens with two attached hydrogens (primary N) is 2. The van der Waals surface area contributed by atoms with Crippen molar-refractivity contribution in [3.05, 3.63) is 0 Å². The van der Waals surface area contributed by atoms with Gasteiger partial charge in [-0.25, -0.2) is 0 Å². The number of nitrogens with zero attached hydrogens (tertiary/aromatic N) is 1. The van der Waals surface area contributed by atoms with Gasteiger partial charge in [-0.15, -0.1) is 5.10 Å². The summed E-state index contributed by atoms with van der Waals surface area (Å²) in [4.78, 5) is 0. The molecule has 1 aliphatic rings. The van der Waals surface area contributed by atoms with Crippen LogP contribution in [0.5, 0.6) is 0 Å². The Labute approximate surface area is 91.3 Å². The highest BCUT2D eigenvalue weighted by Gasteiger charge is 2.43. The first-order chi connectivity index (χ1) is 7.47. The Morgan fingerprint density at radius 1 is 1.19 bits per heavy atom. The highest BCUT2D eigenvalue weighted by atomic mass is 16.6. The summed E-state index contributed by atoms with van der Waals surface area (Å²) < 4.78 is 5.04. The molecule has 1 fully saturated rings. The first-order valence-corrected chi connectivity index (χ1v) is 4.62. The maximum atomic E-state index is 9.50. The highest BCUT2D eigenvalue weighted by Crippen LogP contribution is 2.19. The van der Waals surface area contributed by atoms with Crippen LogP contribution in [0.25, 0.3) is 0 Å². The second kappa shape index (κ2) is 5.27. The number of nitrogens with one attached hydrogen (secondary N) is 1. The van der Waals surface area contributed by atoms with Crippen molar-refractivity contribution in [3.8, 4) is 0 Å². The van der Waals surface area contributed by atoms with Gasteiger partial charge in [0.15, 0.2) is 6.23 Å². The third-order valence-corrected chi connectivity index (χ3v) is 2.21. The van der Waals surface area contributed by atoms with E-state index in [2.05, 4.69) is 10.5 Å². The van der Waals surface area contributed by atoms with Crippen molar-refractivity contribution in [2.45, 2.75) is 30.6 Å². The average Bonchev–Trinajstić information content (AvgIpc) is 2.25. The monoisotopic (exact) mass is 236 g/mol. The minimum atomic E-state index is -1.46. The standard InChI is InChI=1S/C7H16N4O5/c8-7(9)11-10-6-5(15)4(14)3(13)2(1-12)16-6/h2-6,10,12-15H,1H2,(H4,8,9,11)/t2-,3-,4+,5-,6-/m1/s1. The van der Waals surface area contributed by atoms with Crippen LogP contribution in [0.4, 0.5) is 0 Å². The van der Waals surface area contributed by atoms with E-state index in [0.29, 0.717) is 0 Å². The van der Waals surface area contributed by atoms with Gasteiger partial charge in [0.2, 0.25) is 5.96 Å². The summed E-state index contributed by atoms with van der Waals surface area (Å²) in [6, 6.07) is 0. The van der Waals surface area contributed by atoms with Gasteiger partial charge in [-0.2, -0.15) is 0 Å². The van der Waals surface area contributed by atoms with Crippen LogP contribution in [0.2, 0.25) is 0 Å². The lowest BCUT2D eigenvalue weighted by Gasteiger charge is -2.39. The zero-order valence-corrected chi connectivity index (χ0v) is 8.39. The van der Waals surface area contributed by atoms with E-state index in [1.54, 1.807) is 0 Å². The van der Waals surface area contributed by atoms with Crippen molar-refractivity contribution in [2.75, 3.05) is 6.61 Å². The predicted molar refractivity (Wildman–Crippen MR) is 52.7 cm³/mol. The summed E-state index contributed by atoms with van der Waals surface area (Å²) in [7, 11) is 0. The first kappa shape index (κ1) is 12.9. The van der Waals surface area contributed by atoms with Gasteiger partial charge in [0, 0.05) is 0 Å². The molecule has 16 heavy (non-hydrogen) atoms. The molecular formula is C7H16N4O5. The van der Waals surface area contributed by atoms with Crippen LogP contribution in [0.1, 0.15) is 0 Å². The third kappa shape index (κ3) is 2.71. The molecule has 5 atom stereocenters. The van der Waals surface area contributed by atoms with Gasteiger partial charge >= 0.3 is 0 Å². The number of rotatable bonds is 3. The van der Waals surface area contributed by atoms with Crippen LogP contribution < -0.4 is 16.9 Å². The number of aliphatic hydroxyl groups excluding tert-OH is 4. The van der Waals surface area contributed by atoms with Gasteiger partial charge in [-0.1, -0.05) is 0 Å². The van der Waals surface area contributed by atoms with E-state index in [0.717, 1.165) is 0 Å². The Morgan fingerprint density at radius 3 is 2.31 bits per heavy atom. The Morgan fingerprint density at radius 2 is 1.81 bits per heavy atom. The number of ether oxygens (including phenoxy) is 1. The van der Waals surface area contributed by atoms with E-state index in [9.17, 15) is 15.3 Å². The summed E-state index contributed by atoms with van der Waals surface area (Å²) in [5.41, 5.74) is 12.4. The molecule has 1 rings (SSSR count). The number of hydrogen-bond donors (Lipinski definition) is 7. The van der Waals surface area contributed by atoms with Crippen molar-refractivity contribution in [3.63, 3.8) is 0 Å². The largest absolute Gasteiger partial charge is 0.394 e. The SMILES string of the molecule is NC(N)=NN[C@@H]1O[C@H](CO)[C@@H](O)[C@H](O)[C@H]1O. The Hall–Kier alpha value is -1.13. The molecule has 0 spiro atoms. The molecule has 9 heteroatoms. The van der Waals surface area contributed by atoms with Crippen molar-refractivity contribution in [1.82, 2.24) is 5.43 Å². The predicted octanol–water partition coefficient (Wildman–Crippen LogP) is -4.44. The van der Waals surface area contributed by atoms with Gasteiger partial charge < -0.3 is 36.6 Å². The molecule has 0 aliphatic carbocycles. The molecule has 94 valence electrons. The maximum Gasteiger partial charge on any atom is 0.208 e. The molecule has 0 aromatic rings. The van der Waals surface area contributed by atoms with E-state index >= 15 is 0 Å². The Bertz CT molecular complexity index is 257. The molecule has 0 unspecified atom stereocenters. The van der Waals surface area contributed by atoms with E-state index < -0.39 is 37.3 Å². The van der Waals surface area contributed by atoms with Crippen molar-refractivity contribution in [1.29, 1.82) is 0 Å². The zero-order chi connectivity index (χ0) is 12.3. The normalized spacial score (nSPS) is 39.1. The number of hydrazone groups is 1. The topological polar surface area (TPSA) is 167 Å². The van der Waals surface area contributed by atoms with Crippen molar-refractivity contribution in [2.24, 2.45) is 16.6 Å². The van der Waals surface area contributed by atoms with Gasteiger partial charge in [-0.3, -0.25) is 5.43 Å². The smallest absolute Gasteiger partial charge is 0.208 e. The Balaban J connectivity index is 2.67. The molecule has 9 nitrogen and oxygen atoms in total. The summed E-state index contributed by atoms with van der Waals surface area (Å²) in [6.45, 7) is -0.509. The van der Waals surface area contributed by atoms with Gasteiger partial charge in [0.25, 0.3) is 0 Å². The molecule has 0 bridgehead atoms. The molecule has 9 N–H and O–H groups in total. The fourth-order valence-electron chi connectivity index (χ4n) is 1.35. The quantitative estimate of drug-likeness (QED) is 0.146. The van der Waals surface area contributed by atoms with Crippen LogP contribution in [0, 0.1) is 0 Å². The summed E-state index contributed by atoms with van der Waals surface area (Å²) in [6.07, 6.45) is -6.39. The number of aliphatic hydroxyl groups is 4. The number of guanidine groups is 1. The lowest BCUT2D eigenvalue weighted by molar-refractivity contribution is -0.236. The van der Waals surface area contributed by atoms with Crippen LogP contribution in [-0.2, 0) is 4.74 Å².